The molecule has 0 amide bonds. The molecule has 1 atom stereocenters. The van der Waals surface area contributed by atoms with Crippen molar-refractivity contribution in [3.63, 3.8) is 0 Å². The third-order valence-electron chi connectivity index (χ3n) is 2.85. The minimum Gasteiger partial charge on any atom is -0.271 e. The third kappa shape index (κ3) is 2.39. The van der Waals surface area contributed by atoms with E-state index < -0.39 is 0 Å². The van der Waals surface area contributed by atoms with Crippen LogP contribution in [0.5, 0.6) is 0 Å². The summed E-state index contributed by atoms with van der Waals surface area (Å²) in [4.78, 5) is 2.27. The monoisotopic (exact) mass is 250 g/mol. The molecule has 1 aromatic carbocycles. The van der Waals surface area contributed by atoms with Crippen LogP contribution in [0.3, 0.4) is 0 Å². The highest BCUT2D eigenvalue weighted by atomic mass is 32.1. The van der Waals surface area contributed by atoms with Gasteiger partial charge in [-0.05, 0) is 31.5 Å². The fraction of sp³-hybridized carbons (Fsp3) is 0.231. The van der Waals surface area contributed by atoms with Crippen LogP contribution in [0.4, 0.5) is 4.39 Å². The predicted molar refractivity (Wildman–Crippen MR) is 69.4 cm³/mol. The molecule has 1 heterocycles. The molecule has 0 saturated carbocycles. The molecule has 2 nitrogen and oxygen atoms in total. The highest BCUT2D eigenvalue weighted by Crippen LogP contribution is 2.31. The maximum Gasteiger partial charge on any atom is 0.128 e. The van der Waals surface area contributed by atoms with Gasteiger partial charge in [0.05, 0.1) is 6.04 Å². The van der Waals surface area contributed by atoms with Crippen LogP contribution >= 0.6 is 11.3 Å². The van der Waals surface area contributed by atoms with Crippen molar-refractivity contribution in [2.75, 3.05) is 0 Å². The number of rotatable bonds is 3. The van der Waals surface area contributed by atoms with Gasteiger partial charge >= 0.3 is 0 Å². The quantitative estimate of drug-likeness (QED) is 0.649. The van der Waals surface area contributed by atoms with E-state index in [-0.39, 0.29) is 11.9 Å². The van der Waals surface area contributed by atoms with Gasteiger partial charge in [0.1, 0.15) is 5.82 Å². The molecule has 0 fully saturated rings. The maximum atomic E-state index is 13.7. The Morgan fingerprint density at radius 1 is 1.29 bits per heavy atom. The summed E-state index contributed by atoms with van der Waals surface area (Å²) in [5.74, 6) is 5.32. The molecule has 0 spiro atoms. The molecule has 0 aliphatic heterocycles. The van der Waals surface area contributed by atoms with E-state index >= 15 is 0 Å². The second-order valence-electron chi connectivity index (χ2n) is 4.01. The Hall–Kier alpha value is -1.23. The number of halogens is 1. The largest absolute Gasteiger partial charge is 0.271 e. The number of thiophene rings is 1. The molecule has 0 aliphatic rings. The van der Waals surface area contributed by atoms with E-state index in [9.17, 15) is 4.39 Å². The van der Waals surface area contributed by atoms with Gasteiger partial charge in [-0.25, -0.2) is 9.82 Å². The van der Waals surface area contributed by atoms with E-state index in [1.54, 1.807) is 23.5 Å². The van der Waals surface area contributed by atoms with Gasteiger partial charge in [-0.1, -0.05) is 18.2 Å². The Kier molecular flexibility index (Phi) is 3.57. The van der Waals surface area contributed by atoms with Crippen molar-refractivity contribution in [1.29, 1.82) is 0 Å². The van der Waals surface area contributed by atoms with Crippen molar-refractivity contribution in [1.82, 2.24) is 5.43 Å². The molecular formula is C13H15FN2S. The first kappa shape index (κ1) is 12.2. The molecule has 3 N–H and O–H groups in total. The molecule has 1 unspecified atom stereocenters. The number of hydrogen-bond acceptors (Lipinski definition) is 3. The highest BCUT2D eigenvalue weighted by molar-refractivity contribution is 7.12. The molecule has 2 aromatic rings. The van der Waals surface area contributed by atoms with E-state index in [0.717, 1.165) is 4.88 Å². The van der Waals surface area contributed by atoms with Crippen LogP contribution in [0.25, 0.3) is 0 Å². The Morgan fingerprint density at radius 2 is 2.00 bits per heavy atom. The Bertz CT molecular complexity index is 502. The first-order valence-corrected chi connectivity index (χ1v) is 6.22. The van der Waals surface area contributed by atoms with Crippen molar-refractivity contribution in [2.45, 2.75) is 19.9 Å². The first-order valence-electron chi connectivity index (χ1n) is 5.41. The summed E-state index contributed by atoms with van der Waals surface area (Å²) in [7, 11) is 0. The van der Waals surface area contributed by atoms with Crippen LogP contribution < -0.4 is 11.3 Å². The summed E-state index contributed by atoms with van der Waals surface area (Å²) in [6.45, 7) is 4.10. The zero-order valence-electron chi connectivity index (χ0n) is 9.83. The molecule has 0 aliphatic carbocycles. The Balaban J connectivity index is 2.44. The van der Waals surface area contributed by atoms with Gasteiger partial charge in [0.2, 0.25) is 0 Å². The number of nitrogens with two attached hydrogens (primary N) is 1. The topological polar surface area (TPSA) is 38.0 Å². The van der Waals surface area contributed by atoms with Crippen LogP contribution in [-0.2, 0) is 0 Å². The van der Waals surface area contributed by atoms with Crippen molar-refractivity contribution in [3.05, 3.63) is 57.0 Å². The molecule has 0 bridgehead atoms. The van der Waals surface area contributed by atoms with Crippen molar-refractivity contribution in [3.8, 4) is 0 Å². The summed E-state index contributed by atoms with van der Waals surface area (Å²) in [6, 6.07) is 8.47. The summed E-state index contributed by atoms with van der Waals surface area (Å²) >= 11 is 1.64. The molecule has 2 rings (SSSR count). The molecule has 1 aromatic heterocycles. The van der Waals surface area contributed by atoms with E-state index in [2.05, 4.69) is 18.4 Å². The third-order valence-corrected chi connectivity index (χ3v) is 4.07. The van der Waals surface area contributed by atoms with E-state index in [4.69, 9.17) is 5.84 Å². The maximum absolute atomic E-state index is 13.7. The molecule has 17 heavy (non-hydrogen) atoms. The zero-order chi connectivity index (χ0) is 12.4. The lowest BCUT2D eigenvalue weighted by molar-refractivity contribution is 0.564. The number of aryl methyl sites for hydroxylation is 2. The van der Waals surface area contributed by atoms with Gasteiger partial charge in [-0.15, -0.1) is 11.3 Å². The second kappa shape index (κ2) is 4.96. The second-order valence-corrected chi connectivity index (χ2v) is 5.30. The molecule has 90 valence electrons. The lowest BCUT2D eigenvalue weighted by Gasteiger charge is -2.15. The van der Waals surface area contributed by atoms with Gasteiger partial charge in [0.25, 0.3) is 0 Å². The molecule has 4 heteroatoms. The van der Waals surface area contributed by atoms with Crippen LogP contribution in [0, 0.1) is 19.7 Å². The van der Waals surface area contributed by atoms with Crippen LogP contribution in [0.1, 0.15) is 26.9 Å². The normalized spacial score (nSPS) is 12.7. The van der Waals surface area contributed by atoms with Crippen molar-refractivity contribution >= 4 is 11.3 Å². The highest BCUT2D eigenvalue weighted by Gasteiger charge is 2.18. The van der Waals surface area contributed by atoms with E-state index in [0.29, 0.717) is 5.56 Å². The standard InChI is InChI=1S/C13H15FN2S/c1-8-7-12(17-9(8)2)13(16-15)10-5-3-4-6-11(10)14/h3-7,13,16H,15H2,1-2H3. The average molecular weight is 250 g/mol. The van der Waals surface area contributed by atoms with Crippen LogP contribution in [0.15, 0.2) is 30.3 Å². The van der Waals surface area contributed by atoms with Crippen molar-refractivity contribution < 1.29 is 4.39 Å². The number of nitrogens with one attached hydrogen (secondary N) is 1. The van der Waals surface area contributed by atoms with Crippen molar-refractivity contribution in [2.24, 2.45) is 5.84 Å². The van der Waals surface area contributed by atoms with Crippen LogP contribution in [0.2, 0.25) is 0 Å². The van der Waals surface area contributed by atoms with E-state index in [1.807, 2.05) is 13.0 Å². The minimum atomic E-state index is -0.284. The number of hydrogen-bond donors (Lipinski definition) is 2. The Labute approximate surface area is 104 Å². The van der Waals surface area contributed by atoms with Gasteiger partial charge in [-0.3, -0.25) is 5.84 Å². The summed E-state index contributed by atoms with van der Waals surface area (Å²) in [6.07, 6.45) is 0. The molecule has 0 radical (unpaired) electrons. The molecular weight excluding hydrogens is 235 g/mol. The fourth-order valence-corrected chi connectivity index (χ4v) is 2.90. The fourth-order valence-electron chi connectivity index (χ4n) is 1.78. The minimum absolute atomic E-state index is 0.237. The molecule has 0 saturated heterocycles. The van der Waals surface area contributed by atoms with Gasteiger partial charge in [0.15, 0.2) is 0 Å². The number of hydrazine groups is 1. The van der Waals surface area contributed by atoms with Crippen LogP contribution in [-0.4, -0.2) is 0 Å². The van der Waals surface area contributed by atoms with Gasteiger partial charge in [-0.2, -0.15) is 0 Å². The summed E-state index contributed by atoms with van der Waals surface area (Å²) in [5.41, 5.74) is 4.48. The smallest absolute Gasteiger partial charge is 0.128 e. The predicted octanol–water partition coefficient (Wildman–Crippen LogP) is 3.06. The SMILES string of the molecule is Cc1cc(C(NN)c2ccccc2F)sc1C. The first-order chi connectivity index (χ1) is 8.13. The zero-order valence-corrected chi connectivity index (χ0v) is 10.6. The number of benzene rings is 1. The Morgan fingerprint density at radius 3 is 2.53 bits per heavy atom. The van der Waals surface area contributed by atoms with Gasteiger partial charge in [0, 0.05) is 15.3 Å². The lowest BCUT2D eigenvalue weighted by Crippen LogP contribution is -2.28. The summed E-state index contributed by atoms with van der Waals surface area (Å²) in [5, 5.41) is 0. The lowest BCUT2D eigenvalue weighted by atomic mass is 10.0. The van der Waals surface area contributed by atoms with E-state index in [1.165, 1.54) is 16.5 Å². The average Bonchev–Trinajstić information content (AvgIpc) is 2.63. The summed E-state index contributed by atoms with van der Waals surface area (Å²) < 4.78 is 13.7. The van der Waals surface area contributed by atoms with Gasteiger partial charge < -0.3 is 0 Å².